The second-order valence-electron chi connectivity index (χ2n) is 4.68. The van der Waals surface area contributed by atoms with Crippen molar-refractivity contribution in [3.05, 3.63) is 0 Å². The van der Waals surface area contributed by atoms with Gasteiger partial charge in [-0.05, 0) is 18.3 Å². The molecule has 0 aromatic carbocycles. The zero-order chi connectivity index (χ0) is 9.19. The zero-order valence-corrected chi connectivity index (χ0v) is 11.0. The first kappa shape index (κ1) is 13.0. The Hall–Kier alpha value is 0. The fourth-order valence-corrected chi connectivity index (χ4v) is 0.805. The molecule has 3 nitrogen and oxygen atoms in total. The van der Waals surface area contributed by atoms with Gasteiger partial charge in [0.25, 0.3) is 0 Å². The first-order valence-corrected chi connectivity index (χ1v) is 4.54. The molecule has 0 amide bonds. The van der Waals surface area contributed by atoms with Crippen LogP contribution in [0.3, 0.4) is 0 Å². The maximum absolute atomic E-state index is 5.66. The number of hydrogen-bond acceptors (Lipinski definition) is 1. The van der Waals surface area contributed by atoms with Crippen LogP contribution >= 0.6 is 24.0 Å². The van der Waals surface area contributed by atoms with Crippen molar-refractivity contribution in [3.8, 4) is 0 Å². The number of nitrogens with one attached hydrogen (secondary N) is 1. The summed E-state index contributed by atoms with van der Waals surface area (Å²) in [7, 11) is 0. The van der Waals surface area contributed by atoms with Crippen molar-refractivity contribution in [1.29, 1.82) is 0 Å². The van der Waals surface area contributed by atoms with Crippen molar-refractivity contribution < 1.29 is 0 Å². The molecule has 0 aliphatic heterocycles. The molecule has 1 aliphatic carbocycles. The normalized spacial score (nSPS) is 17.9. The molecule has 0 spiro atoms. The minimum absolute atomic E-state index is 0. The monoisotopic (exact) mass is 297 g/mol. The Bertz CT molecular complexity index is 180. The van der Waals surface area contributed by atoms with Crippen LogP contribution in [0.25, 0.3) is 0 Å². The summed E-state index contributed by atoms with van der Waals surface area (Å²) < 4.78 is 0. The lowest BCUT2D eigenvalue weighted by Gasteiger charge is -2.15. The third kappa shape index (κ3) is 7.10. The largest absolute Gasteiger partial charge is 0.370 e. The Morgan fingerprint density at radius 3 is 2.38 bits per heavy atom. The molecule has 0 saturated heterocycles. The third-order valence-electron chi connectivity index (χ3n) is 1.65. The molecule has 0 aromatic heterocycles. The first-order chi connectivity index (χ1) is 5.47. The standard InChI is InChI=1S/C9H19N3.HI/c1-9(2,3)6-11-8(10)12-7-4-5-7;/h7H,4-6H2,1-3H3,(H3,10,11,12);1H. The highest BCUT2D eigenvalue weighted by Crippen LogP contribution is 2.18. The smallest absolute Gasteiger partial charge is 0.188 e. The van der Waals surface area contributed by atoms with Crippen LogP contribution in [0.4, 0.5) is 0 Å². The number of hydrogen-bond donors (Lipinski definition) is 2. The lowest BCUT2D eigenvalue weighted by Crippen LogP contribution is -2.34. The average molecular weight is 297 g/mol. The van der Waals surface area contributed by atoms with Gasteiger partial charge in [0.1, 0.15) is 0 Å². The van der Waals surface area contributed by atoms with Gasteiger partial charge in [-0.15, -0.1) is 24.0 Å². The number of aliphatic imine (C=N–C) groups is 1. The Kier molecular flexibility index (Phi) is 5.02. The fraction of sp³-hybridized carbons (Fsp3) is 0.889. The van der Waals surface area contributed by atoms with E-state index in [-0.39, 0.29) is 29.4 Å². The van der Waals surface area contributed by atoms with Crippen LogP contribution in [0, 0.1) is 5.41 Å². The van der Waals surface area contributed by atoms with Crippen molar-refractivity contribution in [2.24, 2.45) is 16.1 Å². The summed E-state index contributed by atoms with van der Waals surface area (Å²) in [6, 6.07) is 0.605. The molecule has 1 aliphatic rings. The van der Waals surface area contributed by atoms with Gasteiger partial charge < -0.3 is 11.1 Å². The van der Waals surface area contributed by atoms with Crippen LogP contribution in [0.2, 0.25) is 0 Å². The van der Waals surface area contributed by atoms with Crippen molar-refractivity contribution >= 4 is 29.9 Å². The van der Waals surface area contributed by atoms with Crippen molar-refractivity contribution in [2.75, 3.05) is 6.54 Å². The topological polar surface area (TPSA) is 50.4 Å². The summed E-state index contributed by atoms with van der Waals surface area (Å²) in [5.74, 6) is 0.604. The average Bonchev–Trinajstić information content (AvgIpc) is 2.66. The highest BCUT2D eigenvalue weighted by atomic mass is 127. The van der Waals surface area contributed by atoms with Gasteiger partial charge in [0.2, 0.25) is 0 Å². The lowest BCUT2D eigenvalue weighted by molar-refractivity contribution is 0.428. The van der Waals surface area contributed by atoms with E-state index in [1.807, 2.05) is 0 Å². The summed E-state index contributed by atoms with van der Waals surface area (Å²) in [6.45, 7) is 7.25. The van der Waals surface area contributed by atoms with Gasteiger partial charge >= 0.3 is 0 Å². The molecule has 0 unspecified atom stereocenters. The SMILES string of the molecule is CC(C)(C)CN=C(N)NC1CC1.I. The van der Waals surface area contributed by atoms with Gasteiger partial charge in [-0.25, -0.2) is 0 Å². The van der Waals surface area contributed by atoms with Crippen LogP contribution in [-0.4, -0.2) is 18.5 Å². The quantitative estimate of drug-likeness (QED) is 0.463. The lowest BCUT2D eigenvalue weighted by atomic mass is 9.97. The predicted octanol–water partition coefficient (Wildman–Crippen LogP) is 1.72. The molecule has 78 valence electrons. The van der Waals surface area contributed by atoms with E-state index in [9.17, 15) is 0 Å². The highest BCUT2D eigenvalue weighted by molar-refractivity contribution is 14.0. The summed E-state index contributed by atoms with van der Waals surface area (Å²) in [4.78, 5) is 4.26. The summed E-state index contributed by atoms with van der Waals surface area (Å²) in [5, 5.41) is 3.15. The van der Waals surface area contributed by atoms with E-state index in [4.69, 9.17) is 5.73 Å². The number of nitrogens with zero attached hydrogens (tertiary/aromatic N) is 1. The Balaban J connectivity index is 0.00000144. The Morgan fingerprint density at radius 1 is 1.46 bits per heavy atom. The third-order valence-corrected chi connectivity index (χ3v) is 1.65. The molecule has 13 heavy (non-hydrogen) atoms. The van der Waals surface area contributed by atoms with Crippen LogP contribution < -0.4 is 11.1 Å². The number of halogens is 1. The first-order valence-electron chi connectivity index (χ1n) is 4.54. The molecule has 4 heteroatoms. The molecule has 0 radical (unpaired) electrons. The molecule has 1 rings (SSSR count). The second kappa shape index (κ2) is 5.02. The molecule has 1 fully saturated rings. The van der Waals surface area contributed by atoms with E-state index in [1.54, 1.807) is 0 Å². The highest BCUT2D eigenvalue weighted by Gasteiger charge is 2.21. The van der Waals surface area contributed by atoms with Gasteiger partial charge in [-0.1, -0.05) is 20.8 Å². The van der Waals surface area contributed by atoms with Gasteiger partial charge in [0, 0.05) is 12.6 Å². The van der Waals surface area contributed by atoms with E-state index in [0.717, 1.165) is 6.54 Å². The van der Waals surface area contributed by atoms with Crippen molar-refractivity contribution in [1.82, 2.24) is 5.32 Å². The van der Waals surface area contributed by atoms with Gasteiger partial charge in [-0.3, -0.25) is 4.99 Å². The summed E-state index contributed by atoms with van der Waals surface area (Å²) >= 11 is 0. The van der Waals surface area contributed by atoms with E-state index >= 15 is 0 Å². The minimum atomic E-state index is 0. The predicted molar refractivity (Wildman–Crippen MR) is 67.5 cm³/mol. The van der Waals surface area contributed by atoms with Crippen LogP contribution in [0.5, 0.6) is 0 Å². The molecular formula is C9H20IN3. The summed E-state index contributed by atoms with van der Waals surface area (Å²) in [5.41, 5.74) is 5.89. The van der Waals surface area contributed by atoms with Crippen molar-refractivity contribution in [3.63, 3.8) is 0 Å². The van der Waals surface area contributed by atoms with E-state index in [0.29, 0.717) is 12.0 Å². The van der Waals surface area contributed by atoms with E-state index in [1.165, 1.54) is 12.8 Å². The van der Waals surface area contributed by atoms with Crippen LogP contribution in [0.1, 0.15) is 33.6 Å². The molecule has 0 heterocycles. The van der Waals surface area contributed by atoms with Crippen LogP contribution in [0.15, 0.2) is 4.99 Å². The Morgan fingerprint density at radius 2 is 2.00 bits per heavy atom. The fourth-order valence-electron chi connectivity index (χ4n) is 0.805. The number of guanidine groups is 1. The number of nitrogens with two attached hydrogens (primary N) is 1. The zero-order valence-electron chi connectivity index (χ0n) is 8.63. The molecule has 0 bridgehead atoms. The van der Waals surface area contributed by atoms with E-state index < -0.39 is 0 Å². The van der Waals surface area contributed by atoms with Gasteiger partial charge in [-0.2, -0.15) is 0 Å². The second-order valence-corrected chi connectivity index (χ2v) is 4.68. The molecule has 1 saturated carbocycles. The molecule has 0 aromatic rings. The van der Waals surface area contributed by atoms with Crippen LogP contribution in [-0.2, 0) is 0 Å². The van der Waals surface area contributed by atoms with Crippen molar-refractivity contribution in [2.45, 2.75) is 39.7 Å². The molecular weight excluding hydrogens is 277 g/mol. The van der Waals surface area contributed by atoms with Gasteiger partial charge in [0.15, 0.2) is 5.96 Å². The number of rotatable bonds is 2. The Labute approximate surface area is 97.6 Å². The maximum atomic E-state index is 5.66. The molecule has 0 atom stereocenters. The summed E-state index contributed by atoms with van der Waals surface area (Å²) in [6.07, 6.45) is 2.48. The minimum Gasteiger partial charge on any atom is -0.370 e. The maximum Gasteiger partial charge on any atom is 0.188 e. The van der Waals surface area contributed by atoms with Gasteiger partial charge in [0.05, 0.1) is 0 Å². The molecule has 3 N–H and O–H groups in total. The van der Waals surface area contributed by atoms with E-state index in [2.05, 4.69) is 31.1 Å².